The molecule has 0 amide bonds. The van der Waals surface area contributed by atoms with Crippen LogP contribution in [0.2, 0.25) is 0 Å². The first kappa shape index (κ1) is 15.8. The minimum atomic E-state index is 0.0258. The maximum Gasteiger partial charge on any atom is 0.193 e. The number of halogens is 1. The van der Waals surface area contributed by atoms with Crippen LogP contribution in [0, 0.1) is 6.92 Å². The smallest absolute Gasteiger partial charge is 0.193 e. The third kappa shape index (κ3) is 3.18. The van der Waals surface area contributed by atoms with E-state index in [1.807, 2.05) is 31.2 Å². The molecule has 0 saturated heterocycles. The van der Waals surface area contributed by atoms with E-state index < -0.39 is 0 Å². The van der Waals surface area contributed by atoms with E-state index in [-0.39, 0.29) is 5.78 Å². The number of carbonyl (C=O) groups is 1. The summed E-state index contributed by atoms with van der Waals surface area (Å²) in [5, 5.41) is 0. The molecule has 3 heteroatoms. The molecule has 0 saturated carbocycles. The van der Waals surface area contributed by atoms with Crippen molar-refractivity contribution in [2.45, 2.75) is 33.6 Å². The fourth-order valence-corrected chi connectivity index (χ4v) is 3.01. The topological polar surface area (TPSA) is 43.1 Å². The van der Waals surface area contributed by atoms with Crippen molar-refractivity contribution >= 4 is 27.4 Å². The van der Waals surface area contributed by atoms with Crippen LogP contribution in [0.1, 0.15) is 46.5 Å². The molecule has 0 aromatic heterocycles. The first-order chi connectivity index (χ1) is 9.97. The van der Waals surface area contributed by atoms with Crippen molar-refractivity contribution in [1.29, 1.82) is 0 Å². The second kappa shape index (κ2) is 6.44. The van der Waals surface area contributed by atoms with Gasteiger partial charge in [-0.05, 0) is 54.7 Å². The second-order valence-corrected chi connectivity index (χ2v) is 6.10. The number of nitrogens with two attached hydrogens (primary N) is 1. The summed E-state index contributed by atoms with van der Waals surface area (Å²) >= 11 is 3.41. The van der Waals surface area contributed by atoms with E-state index in [0.717, 1.165) is 28.4 Å². The Balaban J connectivity index is 2.50. The Kier molecular flexibility index (Phi) is 4.84. The quantitative estimate of drug-likeness (QED) is 0.644. The molecule has 0 unspecified atom stereocenters. The summed E-state index contributed by atoms with van der Waals surface area (Å²) < 4.78 is 0.829. The Morgan fingerprint density at radius 2 is 1.76 bits per heavy atom. The van der Waals surface area contributed by atoms with Crippen molar-refractivity contribution in [3.8, 4) is 0 Å². The standard InChI is InChI=1S/C18H20BrNO/c1-4-12-6-7-14(8-13(12)5-2)18(21)16-9-15(19)10-17(20)11(16)3/h6-10H,4-5,20H2,1-3H3. The van der Waals surface area contributed by atoms with E-state index in [2.05, 4.69) is 35.8 Å². The fraction of sp³-hybridized carbons (Fsp3) is 0.278. The van der Waals surface area contributed by atoms with Crippen molar-refractivity contribution in [3.05, 3.63) is 62.6 Å². The first-order valence-corrected chi connectivity index (χ1v) is 7.99. The van der Waals surface area contributed by atoms with Gasteiger partial charge in [0.1, 0.15) is 0 Å². The van der Waals surface area contributed by atoms with Crippen LogP contribution in [0.15, 0.2) is 34.8 Å². The van der Waals surface area contributed by atoms with Gasteiger partial charge in [-0.3, -0.25) is 4.79 Å². The van der Waals surface area contributed by atoms with Gasteiger partial charge in [0.2, 0.25) is 0 Å². The van der Waals surface area contributed by atoms with Crippen LogP contribution in [-0.2, 0) is 12.8 Å². The lowest BCUT2D eigenvalue weighted by atomic mass is 9.94. The van der Waals surface area contributed by atoms with E-state index in [9.17, 15) is 4.79 Å². The maximum absolute atomic E-state index is 12.8. The Morgan fingerprint density at radius 3 is 2.38 bits per heavy atom. The highest BCUT2D eigenvalue weighted by Crippen LogP contribution is 2.25. The molecule has 0 heterocycles. The zero-order chi connectivity index (χ0) is 15.6. The lowest BCUT2D eigenvalue weighted by molar-refractivity contribution is 0.103. The van der Waals surface area contributed by atoms with Crippen LogP contribution < -0.4 is 5.73 Å². The summed E-state index contributed by atoms with van der Waals surface area (Å²) in [7, 11) is 0. The van der Waals surface area contributed by atoms with Crippen LogP contribution >= 0.6 is 15.9 Å². The number of rotatable bonds is 4. The van der Waals surface area contributed by atoms with E-state index in [0.29, 0.717) is 11.3 Å². The van der Waals surface area contributed by atoms with Gasteiger partial charge in [0.25, 0.3) is 0 Å². The molecule has 0 aliphatic heterocycles. The molecular formula is C18H20BrNO. The minimum absolute atomic E-state index is 0.0258. The first-order valence-electron chi connectivity index (χ1n) is 7.20. The number of hydrogen-bond acceptors (Lipinski definition) is 2. The highest BCUT2D eigenvalue weighted by atomic mass is 79.9. The molecule has 110 valence electrons. The second-order valence-electron chi connectivity index (χ2n) is 5.19. The average Bonchev–Trinajstić information content (AvgIpc) is 2.49. The molecule has 2 aromatic rings. The highest BCUT2D eigenvalue weighted by molar-refractivity contribution is 9.10. The fourth-order valence-electron chi connectivity index (χ4n) is 2.53. The van der Waals surface area contributed by atoms with Crippen molar-refractivity contribution < 1.29 is 4.79 Å². The van der Waals surface area contributed by atoms with E-state index in [1.54, 1.807) is 0 Å². The summed E-state index contributed by atoms with van der Waals surface area (Å²) in [4.78, 5) is 12.8. The van der Waals surface area contributed by atoms with Gasteiger partial charge in [0.05, 0.1) is 0 Å². The van der Waals surface area contributed by atoms with Crippen LogP contribution in [0.4, 0.5) is 5.69 Å². The van der Waals surface area contributed by atoms with E-state index in [4.69, 9.17) is 5.73 Å². The van der Waals surface area contributed by atoms with Crippen molar-refractivity contribution in [1.82, 2.24) is 0 Å². The summed E-state index contributed by atoms with van der Waals surface area (Å²) in [6, 6.07) is 9.65. The largest absolute Gasteiger partial charge is 0.398 e. The molecule has 0 radical (unpaired) electrons. The van der Waals surface area contributed by atoms with Gasteiger partial charge < -0.3 is 5.73 Å². The number of anilines is 1. The lowest BCUT2D eigenvalue weighted by Gasteiger charge is -2.11. The van der Waals surface area contributed by atoms with Gasteiger partial charge in [-0.2, -0.15) is 0 Å². The zero-order valence-electron chi connectivity index (χ0n) is 12.7. The average molecular weight is 346 g/mol. The summed E-state index contributed by atoms with van der Waals surface area (Å²) in [6.07, 6.45) is 1.92. The highest BCUT2D eigenvalue weighted by Gasteiger charge is 2.15. The van der Waals surface area contributed by atoms with Crippen LogP contribution in [0.3, 0.4) is 0 Å². The molecule has 2 rings (SSSR count). The molecule has 0 aliphatic carbocycles. The van der Waals surface area contributed by atoms with E-state index in [1.165, 1.54) is 11.1 Å². The lowest BCUT2D eigenvalue weighted by Crippen LogP contribution is -2.07. The number of benzene rings is 2. The summed E-state index contributed by atoms with van der Waals surface area (Å²) in [5.41, 5.74) is 11.4. The minimum Gasteiger partial charge on any atom is -0.398 e. The molecule has 0 aliphatic rings. The number of ketones is 1. The number of aryl methyl sites for hydroxylation is 2. The molecule has 0 fully saturated rings. The van der Waals surface area contributed by atoms with Gasteiger partial charge in [-0.1, -0.05) is 41.9 Å². The van der Waals surface area contributed by atoms with Crippen molar-refractivity contribution in [3.63, 3.8) is 0 Å². The molecule has 0 atom stereocenters. The van der Waals surface area contributed by atoms with Crippen molar-refractivity contribution in [2.24, 2.45) is 0 Å². The maximum atomic E-state index is 12.8. The van der Waals surface area contributed by atoms with Gasteiger partial charge in [0.15, 0.2) is 5.78 Å². The Hall–Kier alpha value is -1.61. The Bertz CT molecular complexity index is 692. The van der Waals surface area contributed by atoms with Gasteiger partial charge in [-0.25, -0.2) is 0 Å². The van der Waals surface area contributed by atoms with Crippen LogP contribution in [-0.4, -0.2) is 5.78 Å². The molecule has 21 heavy (non-hydrogen) atoms. The number of nitrogen functional groups attached to an aromatic ring is 1. The molecule has 2 aromatic carbocycles. The molecule has 2 N–H and O–H groups in total. The zero-order valence-corrected chi connectivity index (χ0v) is 14.3. The normalized spacial score (nSPS) is 10.7. The summed E-state index contributed by atoms with van der Waals surface area (Å²) in [6.45, 7) is 6.14. The third-order valence-electron chi connectivity index (χ3n) is 3.89. The van der Waals surface area contributed by atoms with Crippen LogP contribution in [0.5, 0.6) is 0 Å². The Morgan fingerprint density at radius 1 is 1.10 bits per heavy atom. The predicted molar refractivity (Wildman–Crippen MR) is 91.9 cm³/mol. The molecule has 0 spiro atoms. The summed E-state index contributed by atoms with van der Waals surface area (Å²) in [5.74, 6) is 0.0258. The van der Waals surface area contributed by atoms with E-state index >= 15 is 0 Å². The third-order valence-corrected chi connectivity index (χ3v) is 4.35. The molecule has 2 nitrogen and oxygen atoms in total. The van der Waals surface area contributed by atoms with Gasteiger partial charge >= 0.3 is 0 Å². The predicted octanol–water partition coefficient (Wildman–Crippen LogP) is 4.70. The monoisotopic (exact) mass is 345 g/mol. The van der Waals surface area contributed by atoms with Gasteiger partial charge in [0, 0.05) is 21.3 Å². The molecular weight excluding hydrogens is 326 g/mol. The van der Waals surface area contributed by atoms with Gasteiger partial charge in [-0.15, -0.1) is 0 Å². The number of carbonyl (C=O) groups excluding carboxylic acids is 1. The van der Waals surface area contributed by atoms with Crippen molar-refractivity contribution in [2.75, 3.05) is 5.73 Å². The molecule has 0 bridgehead atoms. The number of hydrogen-bond donors (Lipinski definition) is 1. The SMILES string of the molecule is CCc1ccc(C(=O)c2cc(Br)cc(N)c2C)cc1CC. The van der Waals surface area contributed by atoms with Crippen LogP contribution in [0.25, 0.3) is 0 Å². The Labute approximate surface area is 134 Å².